The third-order valence-electron chi connectivity index (χ3n) is 5.11. The Morgan fingerprint density at radius 3 is 2.10 bits per heavy atom. The Bertz CT molecular complexity index is 1030. The predicted molar refractivity (Wildman–Crippen MR) is 112 cm³/mol. The van der Waals surface area contributed by atoms with E-state index >= 15 is 0 Å². The molecule has 1 aliphatic rings. The molecule has 2 aromatic rings. The lowest BCUT2D eigenvalue weighted by atomic mass is 10.1. The molecule has 0 atom stereocenters. The fraction of sp³-hybridized carbons (Fsp3) is 0.381. The van der Waals surface area contributed by atoms with Crippen molar-refractivity contribution in [2.24, 2.45) is 0 Å². The molecule has 2 aromatic carbocycles. The zero-order valence-electron chi connectivity index (χ0n) is 17.6. The molecule has 31 heavy (non-hydrogen) atoms. The highest BCUT2D eigenvalue weighted by atomic mass is 32.2. The van der Waals surface area contributed by atoms with E-state index in [1.807, 2.05) is 0 Å². The second-order valence-electron chi connectivity index (χ2n) is 6.95. The number of sulfonamides is 1. The molecule has 0 saturated carbocycles. The molecule has 0 N–H and O–H groups in total. The summed E-state index contributed by atoms with van der Waals surface area (Å²) in [5, 5.41) is 0. The smallest absolute Gasteiger partial charge is 0.243 e. The molecule has 1 saturated heterocycles. The molecular formula is C21H25FN2O6S. The van der Waals surface area contributed by atoms with Gasteiger partial charge in [0.15, 0.2) is 11.5 Å². The summed E-state index contributed by atoms with van der Waals surface area (Å²) in [6.45, 7) is 0.773. The molecule has 1 heterocycles. The average Bonchev–Trinajstić information content (AvgIpc) is 2.78. The first-order chi connectivity index (χ1) is 14.8. The summed E-state index contributed by atoms with van der Waals surface area (Å²) in [5.74, 6) is 0.598. The minimum Gasteiger partial charge on any atom is -0.493 e. The van der Waals surface area contributed by atoms with Crippen molar-refractivity contribution in [3.05, 3.63) is 47.8 Å². The van der Waals surface area contributed by atoms with Gasteiger partial charge < -0.3 is 19.1 Å². The van der Waals surface area contributed by atoms with Crippen LogP contribution in [-0.4, -0.2) is 71.0 Å². The second-order valence-corrected chi connectivity index (χ2v) is 8.89. The van der Waals surface area contributed by atoms with Crippen molar-refractivity contribution in [1.29, 1.82) is 0 Å². The van der Waals surface area contributed by atoms with Gasteiger partial charge in [0, 0.05) is 26.2 Å². The number of amides is 1. The van der Waals surface area contributed by atoms with E-state index in [1.165, 1.54) is 43.8 Å². The minimum absolute atomic E-state index is 0.0929. The van der Waals surface area contributed by atoms with Gasteiger partial charge in [-0.1, -0.05) is 6.07 Å². The van der Waals surface area contributed by atoms with Crippen molar-refractivity contribution in [2.45, 2.75) is 11.3 Å². The Morgan fingerprint density at radius 1 is 0.968 bits per heavy atom. The monoisotopic (exact) mass is 452 g/mol. The lowest BCUT2D eigenvalue weighted by molar-refractivity contribution is -0.131. The number of hydrogen-bond acceptors (Lipinski definition) is 6. The highest BCUT2D eigenvalue weighted by Gasteiger charge is 2.30. The van der Waals surface area contributed by atoms with Crippen LogP contribution < -0.4 is 14.2 Å². The fourth-order valence-corrected chi connectivity index (χ4v) is 4.93. The van der Waals surface area contributed by atoms with E-state index in [9.17, 15) is 17.6 Å². The standard InChI is InChI=1S/C21H25FN2O6S/c1-28-18-11-15(12-19(29-2)21(18)30-3)13-20(25)23-7-9-24(10-8-23)31(26,27)17-6-4-5-16(22)14-17/h4-6,11-12,14H,7-10,13H2,1-3H3. The quantitative estimate of drug-likeness (QED) is 0.638. The third-order valence-corrected chi connectivity index (χ3v) is 7.00. The van der Waals surface area contributed by atoms with E-state index in [0.29, 0.717) is 22.8 Å². The summed E-state index contributed by atoms with van der Waals surface area (Å²) in [4.78, 5) is 14.3. The topological polar surface area (TPSA) is 85.4 Å². The molecule has 1 fully saturated rings. The zero-order valence-corrected chi connectivity index (χ0v) is 18.4. The van der Waals surface area contributed by atoms with Crippen LogP contribution in [0.3, 0.4) is 0 Å². The number of carbonyl (C=O) groups excluding carboxylic acids is 1. The molecule has 10 heteroatoms. The molecule has 1 amide bonds. The highest BCUT2D eigenvalue weighted by Crippen LogP contribution is 2.38. The number of piperazine rings is 1. The average molecular weight is 453 g/mol. The Balaban J connectivity index is 1.67. The van der Waals surface area contributed by atoms with Crippen LogP contribution in [0.25, 0.3) is 0 Å². The van der Waals surface area contributed by atoms with E-state index < -0.39 is 15.8 Å². The molecule has 0 bridgehead atoms. The number of methoxy groups -OCH3 is 3. The maximum atomic E-state index is 13.4. The van der Waals surface area contributed by atoms with Crippen LogP contribution in [0.1, 0.15) is 5.56 Å². The zero-order chi connectivity index (χ0) is 22.6. The third kappa shape index (κ3) is 4.91. The van der Waals surface area contributed by atoms with Gasteiger partial charge in [-0.15, -0.1) is 0 Å². The molecule has 8 nitrogen and oxygen atoms in total. The molecule has 168 valence electrons. The second kappa shape index (κ2) is 9.52. The predicted octanol–water partition coefficient (Wildman–Crippen LogP) is 1.93. The number of hydrogen-bond donors (Lipinski definition) is 0. The van der Waals surface area contributed by atoms with Gasteiger partial charge in [0.05, 0.1) is 32.6 Å². The molecular weight excluding hydrogens is 427 g/mol. The summed E-state index contributed by atoms with van der Waals surface area (Å²) >= 11 is 0. The van der Waals surface area contributed by atoms with Gasteiger partial charge in [-0.05, 0) is 35.9 Å². The number of ether oxygens (including phenoxy) is 3. The van der Waals surface area contributed by atoms with Crippen LogP contribution >= 0.6 is 0 Å². The summed E-state index contributed by atoms with van der Waals surface area (Å²) in [7, 11) is 0.695. The lowest BCUT2D eigenvalue weighted by Gasteiger charge is -2.34. The number of halogens is 1. The van der Waals surface area contributed by atoms with E-state index in [2.05, 4.69) is 0 Å². The summed E-state index contributed by atoms with van der Waals surface area (Å²) in [5.41, 5.74) is 0.689. The lowest BCUT2D eigenvalue weighted by Crippen LogP contribution is -2.50. The first-order valence-corrected chi connectivity index (χ1v) is 11.1. The molecule has 3 rings (SSSR count). The van der Waals surface area contributed by atoms with Crippen LogP contribution in [0.2, 0.25) is 0 Å². The maximum Gasteiger partial charge on any atom is 0.243 e. The van der Waals surface area contributed by atoms with Gasteiger partial charge in [-0.3, -0.25) is 4.79 Å². The van der Waals surface area contributed by atoms with Crippen LogP contribution in [-0.2, 0) is 21.2 Å². The normalized spacial score (nSPS) is 14.9. The maximum absolute atomic E-state index is 13.4. The van der Waals surface area contributed by atoms with Crippen molar-refractivity contribution < 1.29 is 31.8 Å². The Hall–Kier alpha value is -2.85. The van der Waals surface area contributed by atoms with Crippen molar-refractivity contribution >= 4 is 15.9 Å². The van der Waals surface area contributed by atoms with Gasteiger partial charge in [-0.2, -0.15) is 4.31 Å². The van der Waals surface area contributed by atoms with Gasteiger partial charge >= 0.3 is 0 Å². The van der Waals surface area contributed by atoms with E-state index in [0.717, 1.165) is 6.07 Å². The SMILES string of the molecule is COc1cc(CC(=O)N2CCN(S(=O)(=O)c3cccc(F)c3)CC2)cc(OC)c1OC. The summed E-state index contributed by atoms with van der Waals surface area (Å²) in [6, 6.07) is 8.34. The van der Waals surface area contributed by atoms with Crippen LogP contribution in [0.4, 0.5) is 4.39 Å². The largest absolute Gasteiger partial charge is 0.493 e. The number of rotatable bonds is 7. The number of nitrogens with zero attached hydrogens (tertiary/aromatic N) is 2. The van der Waals surface area contributed by atoms with E-state index in [1.54, 1.807) is 17.0 Å². The minimum atomic E-state index is -3.81. The van der Waals surface area contributed by atoms with E-state index in [-0.39, 0.29) is 43.4 Å². The Morgan fingerprint density at radius 2 is 1.58 bits per heavy atom. The molecule has 0 radical (unpaired) electrons. The number of carbonyl (C=O) groups is 1. The van der Waals surface area contributed by atoms with Gasteiger partial charge in [0.1, 0.15) is 5.82 Å². The van der Waals surface area contributed by atoms with E-state index in [4.69, 9.17) is 14.2 Å². The fourth-order valence-electron chi connectivity index (χ4n) is 3.48. The van der Waals surface area contributed by atoms with Gasteiger partial charge in [-0.25, -0.2) is 12.8 Å². The van der Waals surface area contributed by atoms with Crippen LogP contribution in [0, 0.1) is 5.82 Å². The molecule has 0 aliphatic carbocycles. The first-order valence-electron chi connectivity index (χ1n) is 9.62. The van der Waals surface area contributed by atoms with Crippen molar-refractivity contribution in [3.8, 4) is 17.2 Å². The van der Waals surface area contributed by atoms with Crippen molar-refractivity contribution in [1.82, 2.24) is 9.21 Å². The molecule has 0 spiro atoms. The number of benzene rings is 2. The summed E-state index contributed by atoms with van der Waals surface area (Å²) in [6.07, 6.45) is 0.105. The summed E-state index contributed by atoms with van der Waals surface area (Å²) < 4.78 is 56.1. The van der Waals surface area contributed by atoms with Crippen LogP contribution in [0.5, 0.6) is 17.2 Å². The molecule has 1 aliphatic heterocycles. The van der Waals surface area contributed by atoms with Gasteiger partial charge in [0.25, 0.3) is 0 Å². The first kappa shape index (κ1) is 22.8. The Labute approximate surface area is 181 Å². The van der Waals surface area contributed by atoms with Crippen molar-refractivity contribution in [2.75, 3.05) is 47.5 Å². The molecule has 0 aromatic heterocycles. The highest BCUT2D eigenvalue weighted by molar-refractivity contribution is 7.89. The molecule has 0 unspecified atom stereocenters. The van der Waals surface area contributed by atoms with Crippen molar-refractivity contribution in [3.63, 3.8) is 0 Å². The van der Waals surface area contributed by atoms with Gasteiger partial charge in [0.2, 0.25) is 21.7 Å². The Kier molecular flexibility index (Phi) is 7.01. The van der Waals surface area contributed by atoms with Crippen LogP contribution in [0.15, 0.2) is 41.3 Å².